The van der Waals surface area contributed by atoms with Gasteiger partial charge in [-0.05, 0) is 98.5 Å². The summed E-state index contributed by atoms with van der Waals surface area (Å²) in [6.45, 7) is 15.2. The maximum atomic E-state index is 14.8. The molecule has 18 heteroatoms. The van der Waals surface area contributed by atoms with E-state index in [1.807, 2.05) is 91.0 Å². The molecule has 4 N–H and O–H groups in total. The highest BCUT2D eigenvalue weighted by atomic mass is 32.1. The van der Waals surface area contributed by atoms with Gasteiger partial charge in [0, 0.05) is 74.1 Å². The zero-order valence-electron chi connectivity index (χ0n) is 39.4. The number of cyclic esters (lactones) is 1. The molecule has 2 aromatic heterocycles. The van der Waals surface area contributed by atoms with E-state index in [2.05, 4.69) is 27.5 Å². The molecule has 17 nitrogen and oxygen atoms in total. The Morgan fingerprint density at radius 2 is 1.88 bits per heavy atom. The fourth-order valence-corrected chi connectivity index (χ4v) is 10.1. The van der Waals surface area contributed by atoms with E-state index in [0.29, 0.717) is 57.4 Å². The van der Waals surface area contributed by atoms with Gasteiger partial charge in [-0.3, -0.25) is 24.2 Å². The van der Waals surface area contributed by atoms with Crippen LogP contribution < -0.4 is 11.1 Å². The Hall–Kier alpha value is -4.04. The number of esters is 1. The minimum atomic E-state index is -1.27. The molecule has 1 aromatic carbocycles. The molecule has 4 heterocycles. The summed E-state index contributed by atoms with van der Waals surface area (Å²) in [7, 11) is 5.35. The highest BCUT2D eigenvalue weighted by molar-refractivity contribution is 7.09. The van der Waals surface area contributed by atoms with E-state index >= 15 is 0 Å². The number of methoxy groups -OCH3 is 1. The molecule has 2 fully saturated rings. The van der Waals surface area contributed by atoms with Crippen molar-refractivity contribution in [3.63, 3.8) is 0 Å². The number of nitrogens with one attached hydrogen (secondary N) is 1. The lowest BCUT2D eigenvalue weighted by molar-refractivity contribution is -0.258. The summed E-state index contributed by atoms with van der Waals surface area (Å²) in [6, 6.07) is 6.32. The zero-order chi connectivity index (χ0) is 46.8. The zero-order valence-corrected chi connectivity index (χ0v) is 40.2. The molecule has 5 rings (SSSR count). The van der Waals surface area contributed by atoms with Gasteiger partial charge in [-0.2, -0.15) is 0 Å². The Morgan fingerprint density at radius 1 is 1.12 bits per heavy atom. The average Bonchev–Trinajstić information content (AvgIpc) is 4.01. The number of aliphatic hydroxyl groups excluding tert-OH is 1. The van der Waals surface area contributed by atoms with Crippen molar-refractivity contribution in [1.82, 2.24) is 35.1 Å². The third-order valence-electron chi connectivity index (χ3n) is 13.0. The molecule has 64 heavy (non-hydrogen) atoms. The lowest BCUT2D eigenvalue weighted by atomic mass is 9.83. The minimum absolute atomic E-state index is 0.0372. The number of nitrogens with zero attached hydrogens (tertiary/aromatic N) is 6. The highest BCUT2D eigenvalue weighted by Gasteiger charge is 2.58. The summed E-state index contributed by atoms with van der Waals surface area (Å²) in [4.78, 5) is 52.0. The number of carbonyl (C=O) groups excluding carboxylic acids is 3. The van der Waals surface area contributed by atoms with Gasteiger partial charge in [0.1, 0.15) is 29.6 Å². The van der Waals surface area contributed by atoms with E-state index in [9.17, 15) is 19.5 Å². The average molecular weight is 913 g/mol. The van der Waals surface area contributed by atoms with Crippen molar-refractivity contribution in [2.24, 2.45) is 11.8 Å². The number of carbonyl (C=O) groups is 3. The molecule has 2 aliphatic rings. The number of aliphatic hydroxyl groups is 1. The molecular weight excluding hydrogens is 841 g/mol. The number of thiazole rings is 1. The fraction of sp³-hybridized carbons (Fsp3) is 0.696. The predicted octanol–water partition coefficient (Wildman–Crippen LogP) is 5.36. The van der Waals surface area contributed by atoms with Crippen molar-refractivity contribution >= 4 is 34.9 Å². The molecule has 0 spiro atoms. The van der Waals surface area contributed by atoms with Crippen LogP contribution in [0.1, 0.15) is 91.9 Å². The molecule has 11 atom stereocenters. The van der Waals surface area contributed by atoms with Crippen molar-refractivity contribution < 1.29 is 43.2 Å². The van der Waals surface area contributed by atoms with Gasteiger partial charge >= 0.3 is 12.1 Å². The number of rotatable bonds is 18. The van der Waals surface area contributed by atoms with Gasteiger partial charge in [-0.15, -0.1) is 16.4 Å². The smallest absolute Gasteiger partial charge is 0.410 e. The molecule has 0 aliphatic carbocycles. The van der Waals surface area contributed by atoms with Gasteiger partial charge in [0.2, 0.25) is 0 Å². The number of aryl methyl sites for hydroxylation is 1. The number of ketones is 1. The summed E-state index contributed by atoms with van der Waals surface area (Å²) in [5.41, 5.74) is 7.53. The first kappa shape index (κ1) is 51.0. The summed E-state index contributed by atoms with van der Waals surface area (Å²) in [5, 5.41) is 24.0. The van der Waals surface area contributed by atoms with Crippen LogP contribution in [0.15, 0.2) is 42.2 Å². The number of Topliss-reactive ketones (excluding diaryl/α,β-unsaturated/α-hetero) is 1. The van der Waals surface area contributed by atoms with E-state index in [1.165, 1.54) is 11.3 Å². The van der Waals surface area contributed by atoms with Crippen LogP contribution in [0, 0.1) is 11.8 Å². The Balaban J connectivity index is 1.44. The van der Waals surface area contributed by atoms with E-state index in [4.69, 9.17) is 29.4 Å². The van der Waals surface area contributed by atoms with Crippen LogP contribution in [0.4, 0.5) is 10.5 Å². The topological polar surface area (TPSA) is 206 Å². The third-order valence-corrected chi connectivity index (χ3v) is 13.8. The monoisotopic (exact) mass is 913 g/mol. The van der Waals surface area contributed by atoms with Gasteiger partial charge in [0.25, 0.3) is 0 Å². The molecule has 2 saturated heterocycles. The number of ether oxygens (including phenoxy) is 5. The van der Waals surface area contributed by atoms with Crippen molar-refractivity contribution in [1.29, 1.82) is 0 Å². The van der Waals surface area contributed by atoms with E-state index < -0.39 is 65.6 Å². The number of benzene rings is 1. The Bertz CT molecular complexity index is 1950. The Labute approximate surface area is 382 Å². The summed E-state index contributed by atoms with van der Waals surface area (Å²) < 4.78 is 33.5. The van der Waals surface area contributed by atoms with Gasteiger partial charge < -0.3 is 44.7 Å². The SMILES string of the molecule is CCO[C@@H](O[C@@H]1CC(=O)[C@@H](Cc2cncs2)C(=O)O[C@H](CC)[C@@]2(C)OC(=O)N(CCCCn3cc(-c4cccc(N)c4)nn3)[C@@H]2[C@@H](C)NC[C@H](C)C[C@@]1(C)OC)C(O)C(CC)N(C)C. The van der Waals surface area contributed by atoms with Gasteiger partial charge in [0.05, 0.1) is 29.5 Å². The largest absolute Gasteiger partial charge is 0.457 e. The fourth-order valence-electron chi connectivity index (χ4n) is 9.46. The summed E-state index contributed by atoms with van der Waals surface area (Å²) >= 11 is 1.34. The molecular formula is C46H72N8O9S. The number of unbranched alkanes of at least 4 members (excludes halogenated alkanes) is 1. The van der Waals surface area contributed by atoms with Gasteiger partial charge in [0.15, 0.2) is 11.9 Å². The Kier molecular flexibility index (Phi) is 18.2. The molecule has 356 valence electrons. The van der Waals surface area contributed by atoms with E-state index in [1.54, 1.807) is 28.4 Å². The first-order valence-corrected chi connectivity index (χ1v) is 23.6. The first-order chi connectivity index (χ1) is 30.5. The molecule has 0 radical (unpaired) electrons. The lowest BCUT2D eigenvalue weighted by Gasteiger charge is -2.42. The standard InChI is InChI=1S/C46H72N8O9S/c1-11-36(52(8)9)40(56)43(60-13-3)62-39-23-37(55)34(22-33-26-48-28-64-33)42(57)61-38(12-2)46(7)41(30(5)49-25-29(4)24-45(39,6)59-10)54(44(58)63-46)20-15-14-19-53-27-35(50-51-53)31-17-16-18-32(47)21-31/h16-18,21,26-30,34,36,38-41,43,49,56H,11-15,19-20,22-25,47H2,1-10H3/t29-,30-,34-,36?,38-,39-,40?,41-,43+,45-,46-/m1/s1. The number of aromatic nitrogens is 4. The Morgan fingerprint density at radius 3 is 2.52 bits per heavy atom. The first-order valence-electron chi connectivity index (χ1n) is 22.7. The maximum absolute atomic E-state index is 14.8. The van der Waals surface area contributed by atoms with Crippen LogP contribution in [0.3, 0.4) is 0 Å². The van der Waals surface area contributed by atoms with Gasteiger partial charge in [-0.25, -0.2) is 4.79 Å². The number of fused-ring (bicyclic) bond motifs is 1. The number of anilines is 1. The number of hydrogen-bond donors (Lipinski definition) is 3. The third kappa shape index (κ3) is 12.2. The predicted molar refractivity (Wildman–Crippen MR) is 244 cm³/mol. The molecule has 0 bridgehead atoms. The quantitative estimate of drug-likeness (QED) is 0.0484. The molecule has 2 aliphatic heterocycles. The number of hydrogen-bond acceptors (Lipinski definition) is 16. The van der Waals surface area contributed by atoms with Crippen LogP contribution in [-0.2, 0) is 46.2 Å². The second-order valence-electron chi connectivity index (χ2n) is 18.0. The second kappa shape index (κ2) is 22.9. The van der Waals surface area contributed by atoms with E-state index in [-0.39, 0.29) is 37.5 Å². The van der Waals surface area contributed by atoms with Crippen molar-refractivity contribution in [2.45, 2.75) is 154 Å². The number of nitrogen functional groups attached to an aromatic ring is 1. The normalized spacial score (nSPS) is 28.8. The lowest BCUT2D eigenvalue weighted by Crippen LogP contribution is -2.61. The number of amides is 1. The number of nitrogens with two attached hydrogens (primary N) is 1. The minimum Gasteiger partial charge on any atom is -0.457 e. The van der Waals surface area contributed by atoms with Crippen molar-refractivity contribution in [3.05, 3.63) is 47.0 Å². The number of likely N-dealkylation sites (N-methyl/N-ethyl adjacent to an activating group) is 1. The molecule has 1 amide bonds. The highest BCUT2D eigenvalue weighted by Crippen LogP contribution is 2.39. The maximum Gasteiger partial charge on any atom is 0.410 e. The summed E-state index contributed by atoms with van der Waals surface area (Å²) in [6.07, 6.45) is 1.58. The van der Waals surface area contributed by atoms with Crippen LogP contribution in [0.25, 0.3) is 11.3 Å². The summed E-state index contributed by atoms with van der Waals surface area (Å²) in [5.74, 6) is -2.43. The van der Waals surface area contributed by atoms with Crippen molar-refractivity contribution in [3.8, 4) is 11.3 Å². The molecule has 0 saturated carbocycles. The van der Waals surface area contributed by atoms with E-state index in [0.717, 1.165) is 16.1 Å². The molecule has 3 aromatic rings. The van der Waals surface area contributed by atoms with Crippen LogP contribution in [0.5, 0.6) is 0 Å². The van der Waals surface area contributed by atoms with Crippen LogP contribution in [0.2, 0.25) is 0 Å². The van der Waals surface area contributed by atoms with Crippen LogP contribution in [-0.4, -0.2) is 148 Å². The van der Waals surface area contributed by atoms with Gasteiger partial charge in [-0.1, -0.05) is 38.1 Å². The second-order valence-corrected chi connectivity index (χ2v) is 19.0. The molecule has 2 unspecified atom stereocenters. The van der Waals surface area contributed by atoms with Crippen LogP contribution >= 0.6 is 11.3 Å². The van der Waals surface area contributed by atoms with Crippen molar-refractivity contribution in [2.75, 3.05) is 46.6 Å².